The number of aliphatic hydroxyl groups excluding tert-OH is 1. The molecular weight excluding hydrogens is 350 g/mol. The summed E-state index contributed by atoms with van der Waals surface area (Å²) in [6.45, 7) is 3.38. The summed E-state index contributed by atoms with van der Waals surface area (Å²) in [4.78, 5) is 34.8. The third-order valence-corrected chi connectivity index (χ3v) is 5.64. The molecule has 1 amide bonds. The molecule has 2 saturated heterocycles. The SMILES string of the molecule is COC(=O)CCc1c(C)nc(N)nc1N1CC[C@@H](O)[C@@]2(CCCNC2=O)C1. The second kappa shape index (κ2) is 7.67. The minimum Gasteiger partial charge on any atom is -0.469 e. The number of ether oxygens (including phenoxy) is 1. The maximum Gasteiger partial charge on any atom is 0.305 e. The zero-order valence-corrected chi connectivity index (χ0v) is 15.8. The highest BCUT2D eigenvalue weighted by Crippen LogP contribution is 2.39. The Morgan fingerprint density at radius 2 is 2.26 bits per heavy atom. The van der Waals surface area contributed by atoms with Gasteiger partial charge in [0.2, 0.25) is 11.9 Å². The molecule has 1 aromatic heterocycles. The number of esters is 1. The van der Waals surface area contributed by atoms with Crippen LogP contribution in [0.1, 0.15) is 36.9 Å². The highest BCUT2D eigenvalue weighted by Gasteiger charge is 2.50. The molecule has 0 aromatic carbocycles. The van der Waals surface area contributed by atoms with Gasteiger partial charge in [-0.05, 0) is 32.6 Å². The summed E-state index contributed by atoms with van der Waals surface area (Å²) in [7, 11) is 1.35. The smallest absolute Gasteiger partial charge is 0.305 e. The van der Waals surface area contributed by atoms with E-state index < -0.39 is 11.5 Å². The summed E-state index contributed by atoms with van der Waals surface area (Å²) < 4.78 is 4.74. The highest BCUT2D eigenvalue weighted by atomic mass is 16.5. The number of piperidine rings is 2. The Kier molecular flexibility index (Phi) is 5.50. The number of amides is 1. The standard InChI is InChI=1S/C18H27N5O4/c1-11-12(4-5-14(25)27-2)15(22-17(19)21-11)23-9-6-13(24)18(10-23)7-3-8-20-16(18)26/h13,24H,3-10H2,1-2H3,(H,20,26)(H2,19,21,22)/t13-,18-/m1/s1. The van der Waals surface area contributed by atoms with Crippen molar-refractivity contribution in [2.45, 2.75) is 45.1 Å². The van der Waals surface area contributed by atoms with E-state index in [4.69, 9.17) is 10.5 Å². The average Bonchev–Trinajstić information content (AvgIpc) is 2.64. The van der Waals surface area contributed by atoms with Crippen molar-refractivity contribution in [3.05, 3.63) is 11.3 Å². The third-order valence-electron chi connectivity index (χ3n) is 5.64. The number of hydrogen-bond acceptors (Lipinski definition) is 8. The monoisotopic (exact) mass is 377 g/mol. The van der Waals surface area contributed by atoms with E-state index in [1.807, 2.05) is 11.8 Å². The van der Waals surface area contributed by atoms with Crippen LogP contribution < -0.4 is 16.0 Å². The molecule has 0 bridgehead atoms. The van der Waals surface area contributed by atoms with Crippen LogP contribution in [0.4, 0.5) is 11.8 Å². The predicted molar refractivity (Wildman–Crippen MR) is 99.0 cm³/mol. The van der Waals surface area contributed by atoms with Gasteiger partial charge >= 0.3 is 5.97 Å². The Morgan fingerprint density at radius 1 is 1.48 bits per heavy atom. The van der Waals surface area contributed by atoms with Crippen molar-refractivity contribution < 1.29 is 19.4 Å². The minimum absolute atomic E-state index is 0.110. The average molecular weight is 377 g/mol. The lowest BCUT2D eigenvalue weighted by molar-refractivity contribution is -0.142. The summed E-state index contributed by atoms with van der Waals surface area (Å²) in [5.41, 5.74) is 6.55. The number of nitrogens with one attached hydrogen (secondary N) is 1. The normalized spacial score (nSPS) is 25.4. The quantitative estimate of drug-likeness (QED) is 0.622. The molecule has 27 heavy (non-hydrogen) atoms. The Bertz CT molecular complexity index is 741. The number of aryl methyl sites for hydroxylation is 1. The van der Waals surface area contributed by atoms with Gasteiger partial charge in [-0.25, -0.2) is 4.98 Å². The van der Waals surface area contributed by atoms with Gasteiger partial charge in [0.15, 0.2) is 0 Å². The van der Waals surface area contributed by atoms with E-state index in [1.54, 1.807) is 0 Å². The number of rotatable bonds is 4. The van der Waals surface area contributed by atoms with Gasteiger partial charge in [-0.1, -0.05) is 0 Å². The second-order valence-corrected chi connectivity index (χ2v) is 7.29. The Balaban J connectivity index is 1.92. The lowest BCUT2D eigenvalue weighted by atomic mass is 9.71. The van der Waals surface area contributed by atoms with Crippen molar-refractivity contribution in [2.75, 3.05) is 37.4 Å². The molecule has 0 radical (unpaired) electrons. The molecule has 2 atom stereocenters. The molecule has 0 saturated carbocycles. The number of aromatic nitrogens is 2. The Hall–Kier alpha value is -2.42. The van der Waals surface area contributed by atoms with Crippen molar-refractivity contribution in [1.29, 1.82) is 0 Å². The van der Waals surface area contributed by atoms with E-state index in [9.17, 15) is 14.7 Å². The number of nitrogens with two attached hydrogens (primary N) is 1. The summed E-state index contributed by atoms with van der Waals surface area (Å²) in [6, 6.07) is 0. The molecule has 4 N–H and O–H groups in total. The van der Waals surface area contributed by atoms with E-state index in [0.29, 0.717) is 50.4 Å². The number of carbonyl (C=O) groups excluding carboxylic acids is 2. The molecular formula is C18H27N5O4. The number of carbonyl (C=O) groups is 2. The number of anilines is 2. The van der Waals surface area contributed by atoms with E-state index in [0.717, 1.165) is 12.0 Å². The highest BCUT2D eigenvalue weighted by molar-refractivity contribution is 5.85. The lowest BCUT2D eigenvalue weighted by Gasteiger charge is -2.47. The molecule has 0 aliphatic carbocycles. The number of aliphatic hydroxyl groups is 1. The molecule has 9 nitrogen and oxygen atoms in total. The van der Waals surface area contributed by atoms with Crippen molar-refractivity contribution in [2.24, 2.45) is 5.41 Å². The first-order valence-electron chi connectivity index (χ1n) is 9.28. The largest absolute Gasteiger partial charge is 0.469 e. The van der Waals surface area contributed by atoms with Crippen LogP contribution in [0.25, 0.3) is 0 Å². The number of nitrogens with zero attached hydrogens (tertiary/aromatic N) is 3. The van der Waals surface area contributed by atoms with Crippen LogP contribution in [0.3, 0.4) is 0 Å². The number of hydrogen-bond donors (Lipinski definition) is 3. The van der Waals surface area contributed by atoms with Gasteiger partial charge in [0.25, 0.3) is 0 Å². The zero-order valence-electron chi connectivity index (χ0n) is 15.8. The summed E-state index contributed by atoms with van der Waals surface area (Å²) in [6.07, 6.45) is 1.87. The van der Waals surface area contributed by atoms with Gasteiger partial charge in [-0.2, -0.15) is 4.98 Å². The first-order valence-corrected chi connectivity index (χ1v) is 9.28. The predicted octanol–water partition coefficient (Wildman–Crippen LogP) is -0.0598. The summed E-state index contributed by atoms with van der Waals surface area (Å²) in [5, 5.41) is 13.5. The van der Waals surface area contributed by atoms with Crippen molar-refractivity contribution >= 4 is 23.6 Å². The van der Waals surface area contributed by atoms with E-state index in [2.05, 4.69) is 15.3 Å². The first-order chi connectivity index (χ1) is 12.9. The number of nitrogen functional groups attached to an aromatic ring is 1. The van der Waals surface area contributed by atoms with Crippen LogP contribution in [0, 0.1) is 12.3 Å². The molecule has 9 heteroatoms. The summed E-state index contributed by atoms with van der Waals surface area (Å²) >= 11 is 0. The topological polar surface area (TPSA) is 131 Å². The van der Waals surface area contributed by atoms with Crippen LogP contribution in [0.2, 0.25) is 0 Å². The second-order valence-electron chi connectivity index (χ2n) is 7.29. The van der Waals surface area contributed by atoms with Gasteiger partial charge in [0.1, 0.15) is 5.82 Å². The third kappa shape index (κ3) is 3.69. The molecule has 1 spiro atoms. The molecule has 3 rings (SSSR count). The van der Waals surface area contributed by atoms with Crippen molar-refractivity contribution in [3.63, 3.8) is 0 Å². The van der Waals surface area contributed by atoms with E-state index in [-0.39, 0.29) is 24.2 Å². The van der Waals surface area contributed by atoms with Gasteiger partial charge in [0.05, 0.1) is 18.6 Å². The molecule has 3 heterocycles. The Morgan fingerprint density at radius 3 is 2.96 bits per heavy atom. The van der Waals surface area contributed by atoms with Crippen LogP contribution in [0.5, 0.6) is 0 Å². The molecule has 148 valence electrons. The zero-order chi connectivity index (χ0) is 19.6. The molecule has 1 aromatic rings. The van der Waals surface area contributed by atoms with E-state index in [1.165, 1.54) is 7.11 Å². The first kappa shape index (κ1) is 19.3. The summed E-state index contributed by atoms with van der Waals surface area (Å²) in [5.74, 6) is 0.362. The maximum absolute atomic E-state index is 12.6. The lowest BCUT2D eigenvalue weighted by Crippen LogP contribution is -2.61. The van der Waals surface area contributed by atoms with Gasteiger partial charge < -0.3 is 25.8 Å². The number of methoxy groups -OCH3 is 1. The molecule has 2 aliphatic rings. The van der Waals surface area contributed by atoms with Crippen molar-refractivity contribution in [3.8, 4) is 0 Å². The minimum atomic E-state index is -0.844. The van der Waals surface area contributed by atoms with Crippen LogP contribution in [0.15, 0.2) is 0 Å². The molecule has 0 unspecified atom stereocenters. The fourth-order valence-corrected chi connectivity index (χ4v) is 4.11. The van der Waals surface area contributed by atoms with Gasteiger partial charge in [-0.15, -0.1) is 0 Å². The van der Waals surface area contributed by atoms with Gasteiger partial charge in [0, 0.05) is 37.3 Å². The molecule has 2 fully saturated rings. The fourth-order valence-electron chi connectivity index (χ4n) is 4.11. The Labute approximate surface area is 158 Å². The van der Waals surface area contributed by atoms with Crippen molar-refractivity contribution in [1.82, 2.24) is 15.3 Å². The van der Waals surface area contributed by atoms with Crippen LogP contribution >= 0.6 is 0 Å². The van der Waals surface area contributed by atoms with Crippen LogP contribution in [-0.2, 0) is 20.7 Å². The fraction of sp³-hybridized carbons (Fsp3) is 0.667. The van der Waals surface area contributed by atoms with Crippen LogP contribution in [-0.4, -0.2) is 59.8 Å². The van der Waals surface area contributed by atoms with Gasteiger partial charge in [-0.3, -0.25) is 9.59 Å². The maximum atomic E-state index is 12.6. The molecule has 2 aliphatic heterocycles. The van der Waals surface area contributed by atoms with E-state index >= 15 is 0 Å².